The number of pyridine rings is 1. The lowest BCUT2D eigenvalue weighted by atomic mass is 10.2. The normalized spacial score (nSPS) is 10.3. The number of aryl methyl sites for hydroxylation is 1. The van der Waals surface area contributed by atoms with Crippen molar-refractivity contribution in [2.24, 2.45) is 0 Å². The van der Waals surface area contributed by atoms with Crippen LogP contribution in [0.25, 0.3) is 0 Å². The number of benzene rings is 1. The molecule has 2 rings (SSSR count). The lowest BCUT2D eigenvalue weighted by Crippen LogP contribution is -2.26. The second-order valence-corrected chi connectivity index (χ2v) is 4.67. The van der Waals surface area contributed by atoms with Crippen molar-refractivity contribution in [1.29, 1.82) is 0 Å². The second kappa shape index (κ2) is 5.28. The molecular weight excluding hydrogens is 262 g/mol. The summed E-state index contributed by atoms with van der Waals surface area (Å²) in [4.78, 5) is 17.8. The number of hydrogen-bond donors (Lipinski definition) is 1. The molecule has 1 aromatic heterocycles. The first-order chi connectivity index (χ1) is 8.99. The van der Waals surface area contributed by atoms with Crippen molar-refractivity contribution in [2.45, 2.75) is 6.92 Å². The SMILES string of the molecule is Cc1cccc(N(C)C(=O)c2cc(N)cnc2Cl)c1. The molecule has 0 aliphatic carbocycles. The zero-order valence-electron chi connectivity index (χ0n) is 10.7. The molecule has 4 nitrogen and oxygen atoms in total. The average Bonchev–Trinajstić information content (AvgIpc) is 2.40. The summed E-state index contributed by atoms with van der Waals surface area (Å²) in [7, 11) is 1.69. The Labute approximate surface area is 116 Å². The van der Waals surface area contributed by atoms with Gasteiger partial charge in [-0.05, 0) is 30.7 Å². The fraction of sp³-hybridized carbons (Fsp3) is 0.143. The Hall–Kier alpha value is -2.07. The fourth-order valence-corrected chi connectivity index (χ4v) is 1.93. The third kappa shape index (κ3) is 2.85. The number of rotatable bonds is 2. The van der Waals surface area contributed by atoms with E-state index in [1.807, 2.05) is 31.2 Å². The van der Waals surface area contributed by atoms with Gasteiger partial charge in [-0.3, -0.25) is 4.79 Å². The number of nitrogens with zero attached hydrogens (tertiary/aromatic N) is 2. The van der Waals surface area contributed by atoms with Crippen LogP contribution >= 0.6 is 11.6 Å². The zero-order valence-corrected chi connectivity index (χ0v) is 11.5. The van der Waals surface area contributed by atoms with E-state index in [1.54, 1.807) is 7.05 Å². The largest absolute Gasteiger partial charge is 0.397 e. The summed E-state index contributed by atoms with van der Waals surface area (Å²) in [6.07, 6.45) is 1.42. The lowest BCUT2D eigenvalue weighted by Gasteiger charge is -2.18. The van der Waals surface area contributed by atoms with Crippen molar-refractivity contribution in [3.8, 4) is 0 Å². The van der Waals surface area contributed by atoms with Gasteiger partial charge >= 0.3 is 0 Å². The molecule has 0 aliphatic rings. The monoisotopic (exact) mass is 275 g/mol. The van der Waals surface area contributed by atoms with Crippen LogP contribution < -0.4 is 10.6 Å². The molecular formula is C14H14ClN3O. The summed E-state index contributed by atoms with van der Waals surface area (Å²) >= 11 is 5.94. The third-order valence-electron chi connectivity index (χ3n) is 2.78. The topological polar surface area (TPSA) is 59.2 Å². The maximum Gasteiger partial charge on any atom is 0.261 e. The molecule has 0 atom stereocenters. The smallest absolute Gasteiger partial charge is 0.261 e. The molecule has 2 aromatic rings. The van der Waals surface area contributed by atoms with E-state index in [0.29, 0.717) is 11.3 Å². The molecule has 0 fully saturated rings. The third-order valence-corrected chi connectivity index (χ3v) is 3.09. The number of carbonyl (C=O) groups excluding carboxylic acids is 1. The Bertz CT molecular complexity index is 628. The zero-order chi connectivity index (χ0) is 14.0. The minimum absolute atomic E-state index is 0.152. The molecule has 0 bridgehead atoms. The molecule has 5 heteroatoms. The van der Waals surface area contributed by atoms with Crippen LogP contribution in [0.1, 0.15) is 15.9 Å². The van der Waals surface area contributed by atoms with Gasteiger partial charge in [0.1, 0.15) is 5.15 Å². The Morgan fingerprint density at radius 1 is 1.37 bits per heavy atom. The molecule has 1 aromatic carbocycles. The molecule has 1 heterocycles. The first kappa shape index (κ1) is 13.4. The van der Waals surface area contributed by atoms with E-state index in [-0.39, 0.29) is 11.1 Å². The van der Waals surface area contributed by atoms with E-state index in [4.69, 9.17) is 17.3 Å². The predicted octanol–water partition coefficient (Wildman–Crippen LogP) is 2.90. The number of nitrogens with two attached hydrogens (primary N) is 1. The van der Waals surface area contributed by atoms with Gasteiger partial charge in [0.2, 0.25) is 0 Å². The van der Waals surface area contributed by atoms with Crippen LogP contribution in [0.5, 0.6) is 0 Å². The Morgan fingerprint density at radius 2 is 2.11 bits per heavy atom. The van der Waals surface area contributed by atoms with E-state index in [1.165, 1.54) is 17.2 Å². The summed E-state index contributed by atoms with van der Waals surface area (Å²) in [5.74, 6) is -0.240. The molecule has 2 N–H and O–H groups in total. The highest BCUT2D eigenvalue weighted by Gasteiger charge is 2.17. The molecule has 19 heavy (non-hydrogen) atoms. The van der Waals surface area contributed by atoms with Gasteiger partial charge in [0.25, 0.3) is 5.91 Å². The Balaban J connectivity index is 2.36. The first-order valence-electron chi connectivity index (χ1n) is 5.75. The Morgan fingerprint density at radius 3 is 2.79 bits per heavy atom. The average molecular weight is 276 g/mol. The minimum Gasteiger partial charge on any atom is -0.397 e. The van der Waals surface area contributed by atoms with Gasteiger partial charge in [0, 0.05) is 12.7 Å². The van der Waals surface area contributed by atoms with E-state index >= 15 is 0 Å². The van der Waals surface area contributed by atoms with Gasteiger partial charge in [-0.15, -0.1) is 0 Å². The van der Waals surface area contributed by atoms with Gasteiger partial charge in [-0.2, -0.15) is 0 Å². The summed E-state index contributed by atoms with van der Waals surface area (Å²) < 4.78 is 0. The molecule has 0 aliphatic heterocycles. The molecule has 1 amide bonds. The Kier molecular flexibility index (Phi) is 3.71. The number of hydrogen-bond acceptors (Lipinski definition) is 3. The quantitative estimate of drug-likeness (QED) is 0.858. The van der Waals surface area contributed by atoms with Crippen molar-refractivity contribution in [2.75, 3.05) is 17.7 Å². The van der Waals surface area contributed by atoms with Crippen molar-refractivity contribution >= 4 is 28.9 Å². The van der Waals surface area contributed by atoms with Crippen LogP contribution in [0.3, 0.4) is 0 Å². The number of aromatic nitrogens is 1. The van der Waals surface area contributed by atoms with Gasteiger partial charge < -0.3 is 10.6 Å². The molecule has 0 unspecified atom stereocenters. The lowest BCUT2D eigenvalue weighted by molar-refractivity contribution is 0.0993. The van der Waals surface area contributed by atoms with Crippen molar-refractivity contribution in [1.82, 2.24) is 4.98 Å². The van der Waals surface area contributed by atoms with E-state index in [9.17, 15) is 4.79 Å². The van der Waals surface area contributed by atoms with Crippen molar-refractivity contribution < 1.29 is 4.79 Å². The molecule has 98 valence electrons. The molecule has 0 spiro atoms. The number of halogens is 1. The van der Waals surface area contributed by atoms with Crippen LogP contribution in [-0.4, -0.2) is 17.9 Å². The van der Waals surface area contributed by atoms with Gasteiger partial charge in [0.05, 0.1) is 17.4 Å². The van der Waals surface area contributed by atoms with Crippen LogP contribution in [0, 0.1) is 6.92 Å². The van der Waals surface area contributed by atoms with Gasteiger partial charge in [-0.25, -0.2) is 4.98 Å². The number of nitrogen functional groups attached to an aromatic ring is 1. The van der Waals surface area contributed by atoms with Gasteiger partial charge in [-0.1, -0.05) is 23.7 Å². The highest BCUT2D eigenvalue weighted by atomic mass is 35.5. The van der Waals surface area contributed by atoms with E-state index < -0.39 is 0 Å². The predicted molar refractivity (Wildman–Crippen MR) is 77.6 cm³/mol. The summed E-state index contributed by atoms with van der Waals surface area (Å²) in [5, 5.41) is 0.152. The van der Waals surface area contributed by atoms with Crippen LogP contribution in [-0.2, 0) is 0 Å². The highest BCUT2D eigenvalue weighted by molar-refractivity contribution is 6.33. The van der Waals surface area contributed by atoms with Crippen LogP contribution in [0.2, 0.25) is 5.15 Å². The van der Waals surface area contributed by atoms with Crippen LogP contribution in [0.4, 0.5) is 11.4 Å². The van der Waals surface area contributed by atoms with E-state index in [2.05, 4.69) is 4.98 Å². The second-order valence-electron chi connectivity index (χ2n) is 4.31. The van der Waals surface area contributed by atoms with Gasteiger partial charge in [0.15, 0.2) is 0 Å². The molecule has 0 saturated heterocycles. The maximum atomic E-state index is 12.4. The van der Waals surface area contributed by atoms with E-state index in [0.717, 1.165) is 11.3 Å². The maximum absolute atomic E-state index is 12.4. The van der Waals surface area contributed by atoms with Crippen molar-refractivity contribution in [3.63, 3.8) is 0 Å². The standard InChI is InChI=1S/C14H14ClN3O/c1-9-4-3-5-11(6-9)18(2)14(19)12-7-10(16)8-17-13(12)15/h3-8H,16H2,1-2H3. The highest BCUT2D eigenvalue weighted by Crippen LogP contribution is 2.21. The number of carbonyl (C=O) groups is 1. The minimum atomic E-state index is -0.240. The summed E-state index contributed by atoms with van der Waals surface area (Å²) in [6.45, 7) is 1.97. The number of anilines is 2. The van der Waals surface area contributed by atoms with Crippen molar-refractivity contribution in [3.05, 3.63) is 52.8 Å². The molecule has 0 saturated carbocycles. The number of amides is 1. The van der Waals surface area contributed by atoms with Crippen LogP contribution in [0.15, 0.2) is 36.5 Å². The summed E-state index contributed by atoms with van der Waals surface area (Å²) in [5.41, 5.74) is 8.21. The fourth-order valence-electron chi connectivity index (χ4n) is 1.75. The summed E-state index contributed by atoms with van der Waals surface area (Å²) in [6, 6.07) is 9.18. The first-order valence-corrected chi connectivity index (χ1v) is 6.12. The molecule has 0 radical (unpaired) electrons.